The van der Waals surface area contributed by atoms with Crippen molar-refractivity contribution in [2.75, 3.05) is 0 Å². The van der Waals surface area contributed by atoms with Crippen LogP contribution >= 0.6 is 0 Å². The van der Waals surface area contributed by atoms with Crippen LogP contribution in [0.4, 0.5) is 0 Å². The molecule has 0 N–H and O–H groups in total. The van der Waals surface area contributed by atoms with Gasteiger partial charge in [0, 0.05) is 17.0 Å². The first-order valence-corrected chi connectivity index (χ1v) is 8.44. The average molecular weight is 312 g/mol. The van der Waals surface area contributed by atoms with E-state index in [0.29, 0.717) is 11.1 Å². The second kappa shape index (κ2) is 4.88. The van der Waals surface area contributed by atoms with Crippen molar-refractivity contribution in [3.63, 3.8) is 0 Å². The van der Waals surface area contributed by atoms with Gasteiger partial charge in [0.1, 0.15) is 0 Å². The smallest absolute Gasteiger partial charge is 0.171 e. The van der Waals surface area contributed by atoms with Gasteiger partial charge in [-0.05, 0) is 58.7 Å². The van der Waals surface area contributed by atoms with E-state index >= 15 is 0 Å². The predicted octanol–water partition coefficient (Wildman–Crippen LogP) is 4.95. The lowest BCUT2D eigenvalue weighted by Gasteiger charge is -2.31. The Morgan fingerprint density at radius 1 is 0.750 bits per heavy atom. The highest BCUT2D eigenvalue weighted by molar-refractivity contribution is 6.19. The molecule has 2 nitrogen and oxygen atoms in total. The summed E-state index contributed by atoms with van der Waals surface area (Å²) < 4.78 is 0. The maximum atomic E-state index is 12.9. The van der Waals surface area contributed by atoms with Crippen LogP contribution in [0.25, 0.3) is 21.5 Å². The Balaban J connectivity index is 1.79. The third-order valence-electron chi connectivity index (χ3n) is 5.43. The molecule has 2 aliphatic carbocycles. The molecule has 24 heavy (non-hydrogen) atoms. The molecule has 3 aromatic rings. The molecule has 116 valence electrons. The Kier molecular flexibility index (Phi) is 2.78. The number of Topliss-reactive ketones (excluding diaryl/α,β-unsaturated/α-hetero) is 2. The number of hydrogen-bond acceptors (Lipinski definition) is 2. The molecule has 2 heteroatoms. The van der Waals surface area contributed by atoms with Crippen LogP contribution < -0.4 is 0 Å². The van der Waals surface area contributed by atoms with E-state index in [2.05, 4.69) is 24.3 Å². The van der Waals surface area contributed by atoms with Gasteiger partial charge in [0.2, 0.25) is 0 Å². The van der Waals surface area contributed by atoms with Crippen LogP contribution in [0.5, 0.6) is 0 Å². The minimum absolute atomic E-state index is 0.0978. The summed E-state index contributed by atoms with van der Waals surface area (Å²) in [5, 5.41) is 4.35. The second-order valence-electron chi connectivity index (χ2n) is 6.81. The number of hydrogen-bond donors (Lipinski definition) is 0. The summed E-state index contributed by atoms with van der Waals surface area (Å²) in [4.78, 5) is 25.8. The summed E-state index contributed by atoms with van der Waals surface area (Å²) >= 11 is 0. The van der Waals surface area contributed by atoms with Gasteiger partial charge in [0.25, 0.3) is 0 Å². The maximum Gasteiger partial charge on any atom is 0.171 e. The van der Waals surface area contributed by atoms with Gasteiger partial charge in [-0.2, -0.15) is 0 Å². The van der Waals surface area contributed by atoms with Crippen LogP contribution in [0.1, 0.15) is 33.6 Å². The molecule has 0 spiro atoms. The first kappa shape index (κ1) is 13.7. The monoisotopic (exact) mass is 312 g/mol. The molecule has 0 radical (unpaired) electrons. The van der Waals surface area contributed by atoms with E-state index in [1.807, 2.05) is 36.4 Å². The van der Waals surface area contributed by atoms with Crippen LogP contribution in [-0.4, -0.2) is 11.6 Å². The summed E-state index contributed by atoms with van der Waals surface area (Å²) in [6.45, 7) is 0. The first-order chi connectivity index (χ1) is 11.7. The molecule has 0 saturated carbocycles. The van der Waals surface area contributed by atoms with E-state index in [0.717, 1.165) is 34.4 Å². The number of carbonyl (C=O) groups excluding carboxylic acids is 2. The highest BCUT2D eigenvalue weighted by Crippen LogP contribution is 2.38. The quantitative estimate of drug-likeness (QED) is 0.434. The van der Waals surface area contributed by atoms with Gasteiger partial charge in [-0.3, -0.25) is 9.59 Å². The molecule has 2 aliphatic rings. The Morgan fingerprint density at radius 3 is 2.04 bits per heavy atom. The van der Waals surface area contributed by atoms with Crippen LogP contribution in [0, 0.1) is 11.8 Å². The van der Waals surface area contributed by atoms with E-state index < -0.39 is 0 Å². The lowest BCUT2D eigenvalue weighted by atomic mass is 9.69. The second-order valence-corrected chi connectivity index (χ2v) is 6.81. The highest BCUT2D eigenvalue weighted by atomic mass is 16.1. The molecule has 2 atom stereocenters. The van der Waals surface area contributed by atoms with Crippen LogP contribution in [0.3, 0.4) is 0 Å². The van der Waals surface area contributed by atoms with Crippen LogP contribution in [-0.2, 0) is 0 Å². The minimum Gasteiger partial charge on any atom is -0.294 e. The van der Waals surface area contributed by atoms with E-state index in [9.17, 15) is 9.59 Å². The zero-order chi connectivity index (χ0) is 16.3. The van der Waals surface area contributed by atoms with Crippen molar-refractivity contribution in [3.8, 4) is 0 Å². The van der Waals surface area contributed by atoms with Gasteiger partial charge in [-0.1, -0.05) is 36.4 Å². The fourth-order valence-electron chi connectivity index (χ4n) is 4.18. The Bertz CT molecular complexity index is 1060. The molecule has 0 aromatic heterocycles. The number of fused-ring (bicyclic) bond motifs is 4. The van der Waals surface area contributed by atoms with Crippen molar-refractivity contribution in [3.05, 3.63) is 71.8 Å². The molecule has 0 heterocycles. The molecule has 2 unspecified atom stereocenters. The van der Waals surface area contributed by atoms with Crippen molar-refractivity contribution in [1.82, 2.24) is 0 Å². The minimum atomic E-state index is -0.267. The third kappa shape index (κ3) is 1.83. The van der Waals surface area contributed by atoms with Gasteiger partial charge in [0.05, 0.1) is 5.92 Å². The van der Waals surface area contributed by atoms with Gasteiger partial charge >= 0.3 is 0 Å². The number of rotatable bonds is 0. The van der Waals surface area contributed by atoms with E-state index in [1.54, 1.807) is 0 Å². The van der Waals surface area contributed by atoms with Crippen molar-refractivity contribution in [1.29, 1.82) is 0 Å². The lowest BCUT2D eigenvalue weighted by Crippen LogP contribution is -2.36. The molecule has 0 amide bonds. The van der Waals surface area contributed by atoms with E-state index in [-0.39, 0.29) is 23.4 Å². The summed E-state index contributed by atoms with van der Waals surface area (Å²) in [6.07, 6.45) is 5.63. The fourth-order valence-corrected chi connectivity index (χ4v) is 4.18. The first-order valence-electron chi connectivity index (χ1n) is 8.44. The number of allylic oxidation sites excluding steroid dienone is 2. The van der Waals surface area contributed by atoms with Crippen molar-refractivity contribution < 1.29 is 9.59 Å². The largest absolute Gasteiger partial charge is 0.294 e. The SMILES string of the molecule is O=C1c2cc3cc4ccccc4cc3cc2C(=O)C2CCC=CC12. The maximum absolute atomic E-state index is 12.9. The molecular weight excluding hydrogens is 296 g/mol. The summed E-state index contributed by atoms with van der Waals surface area (Å²) in [6, 6.07) is 16.2. The average Bonchev–Trinajstić information content (AvgIpc) is 2.63. The van der Waals surface area contributed by atoms with Crippen molar-refractivity contribution in [2.45, 2.75) is 12.8 Å². The molecule has 5 rings (SSSR count). The van der Waals surface area contributed by atoms with Crippen LogP contribution in [0.15, 0.2) is 60.7 Å². The summed E-state index contributed by atoms with van der Waals surface area (Å²) in [7, 11) is 0. The summed E-state index contributed by atoms with van der Waals surface area (Å²) in [5.41, 5.74) is 1.20. The topological polar surface area (TPSA) is 34.1 Å². The van der Waals surface area contributed by atoms with Crippen molar-refractivity contribution >= 4 is 33.1 Å². The van der Waals surface area contributed by atoms with Gasteiger partial charge in [-0.15, -0.1) is 0 Å². The zero-order valence-corrected chi connectivity index (χ0v) is 13.2. The van der Waals surface area contributed by atoms with E-state index in [1.165, 1.54) is 0 Å². The molecule has 0 saturated heterocycles. The lowest BCUT2D eigenvalue weighted by molar-refractivity contribution is 0.0756. The number of carbonyl (C=O) groups is 2. The Morgan fingerprint density at radius 2 is 1.38 bits per heavy atom. The Hall–Kier alpha value is -2.74. The fraction of sp³-hybridized carbons (Fsp3) is 0.182. The Labute approximate surface area is 139 Å². The molecule has 0 bridgehead atoms. The number of ketones is 2. The van der Waals surface area contributed by atoms with Gasteiger partial charge < -0.3 is 0 Å². The van der Waals surface area contributed by atoms with Gasteiger partial charge in [-0.25, -0.2) is 0 Å². The summed E-state index contributed by atoms with van der Waals surface area (Å²) in [5.74, 6) is -0.209. The predicted molar refractivity (Wildman–Crippen MR) is 95.5 cm³/mol. The molecule has 0 fully saturated rings. The zero-order valence-electron chi connectivity index (χ0n) is 13.2. The molecule has 3 aromatic carbocycles. The highest BCUT2D eigenvalue weighted by Gasteiger charge is 2.40. The third-order valence-corrected chi connectivity index (χ3v) is 5.43. The normalized spacial score (nSPS) is 22.7. The van der Waals surface area contributed by atoms with Crippen LogP contribution in [0.2, 0.25) is 0 Å². The molecule has 0 aliphatic heterocycles. The molecular formula is C22H16O2. The van der Waals surface area contributed by atoms with E-state index in [4.69, 9.17) is 0 Å². The standard InChI is InChI=1S/C22H16O2/c23-21-17-7-3-4-8-18(17)22(24)20-12-16-10-14-6-2-1-5-13(14)9-15(16)11-19(20)21/h1-3,5-7,9-12,17-18H,4,8H2. The van der Waals surface area contributed by atoms with Gasteiger partial charge in [0.15, 0.2) is 11.6 Å². The number of benzene rings is 3. The van der Waals surface area contributed by atoms with Crippen molar-refractivity contribution in [2.24, 2.45) is 11.8 Å².